The van der Waals surface area contributed by atoms with Crippen molar-refractivity contribution in [1.29, 1.82) is 0 Å². The Morgan fingerprint density at radius 1 is 1.28 bits per heavy atom. The van der Waals surface area contributed by atoms with E-state index in [1.807, 2.05) is 38.1 Å². The van der Waals surface area contributed by atoms with E-state index in [0.29, 0.717) is 23.7 Å². The van der Waals surface area contributed by atoms with Crippen molar-refractivity contribution < 1.29 is 14.3 Å². The van der Waals surface area contributed by atoms with Crippen molar-refractivity contribution in [2.75, 3.05) is 16.8 Å². The zero-order chi connectivity index (χ0) is 17.8. The maximum atomic E-state index is 12.6. The standard InChI is InChI=1S/C19H21N3O3/c1-13(2)25-17-8-4-3-7-16(17)21-19(24)14-10-18(23)22(12-14)15-6-5-9-20-11-15/h3-9,11,13-14H,10,12H2,1-2H3,(H,21,24). The van der Waals surface area contributed by atoms with Crippen LogP contribution in [0.25, 0.3) is 0 Å². The lowest BCUT2D eigenvalue weighted by Crippen LogP contribution is -2.28. The fourth-order valence-electron chi connectivity index (χ4n) is 2.81. The predicted octanol–water partition coefficient (Wildman–Crippen LogP) is 2.86. The first-order valence-corrected chi connectivity index (χ1v) is 8.31. The molecule has 130 valence electrons. The molecule has 1 aromatic heterocycles. The minimum Gasteiger partial charge on any atom is -0.489 e. The zero-order valence-corrected chi connectivity index (χ0v) is 14.3. The largest absolute Gasteiger partial charge is 0.489 e. The highest BCUT2D eigenvalue weighted by Gasteiger charge is 2.35. The van der Waals surface area contributed by atoms with E-state index >= 15 is 0 Å². The number of aromatic nitrogens is 1. The van der Waals surface area contributed by atoms with Crippen LogP contribution < -0.4 is 15.0 Å². The van der Waals surface area contributed by atoms with E-state index in [9.17, 15) is 9.59 Å². The van der Waals surface area contributed by atoms with E-state index in [2.05, 4.69) is 10.3 Å². The van der Waals surface area contributed by atoms with Crippen molar-refractivity contribution in [3.8, 4) is 5.75 Å². The second-order valence-electron chi connectivity index (χ2n) is 6.27. The van der Waals surface area contributed by atoms with Crippen LogP contribution in [-0.2, 0) is 9.59 Å². The molecule has 1 N–H and O–H groups in total. The molecule has 2 heterocycles. The summed E-state index contributed by atoms with van der Waals surface area (Å²) in [5, 5.41) is 2.89. The highest BCUT2D eigenvalue weighted by molar-refractivity contribution is 6.03. The average molecular weight is 339 g/mol. The highest BCUT2D eigenvalue weighted by atomic mass is 16.5. The third-order valence-electron chi connectivity index (χ3n) is 3.96. The highest BCUT2D eigenvalue weighted by Crippen LogP contribution is 2.28. The Hall–Kier alpha value is -2.89. The number of nitrogens with one attached hydrogen (secondary N) is 1. The molecule has 1 fully saturated rings. The van der Waals surface area contributed by atoms with Crippen molar-refractivity contribution >= 4 is 23.2 Å². The predicted molar refractivity (Wildman–Crippen MR) is 95.5 cm³/mol. The van der Waals surface area contributed by atoms with Crippen molar-refractivity contribution in [2.24, 2.45) is 5.92 Å². The molecule has 1 aromatic carbocycles. The Morgan fingerprint density at radius 3 is 2.80 bits per heavy atom. The topological polar surface area (TPSA) is 71.5 Å². The number of pyridine rings is 1. The van der Waals surface area contributed by atoms with Crippen LogP contribution in [0.3, 0.4) is 0 Å². The molecule has 6 nitrogen and oxygen atoms in total. The summed E-state index contributed by atoms with van der Waals surface area (Å²) in [5.41, 5.74) is 1.33. The van der Waals surface area contributed by atoms with Gasteiger partial charge in [0.2, 0.25) is 11.8 Å². The van der Waals surface area contributed by atoms with Crippen molar-refractivity contribution in [3.05, 3.63) is 48.8 Å². The minimum absolute atomic E-state index is 0.00665. The Kier molecular flexibility index (Phi) is 4.97. The molecule has 25 heavy (non-hydrogen) atoms. The summed E-state index contributed by atoms with van der Waals surface area (Å²) in [6.45, 7) is 4.21. The lowest BCUT2D eigenvalue weighted by molar-refractivity contribution is -0.122. The van der Waals surface area contributed by atoms with Crippen LogP contribution in [-0.4, -0.2) is 29.4 Å². The summed E-state index contributed by atoms with van der Waals surface area (Å²) in [6.07, 6.45) is 3.48. The van der Waals surface area contributed by atoms with Crippen LogP contribution >= 0.6 is 0 Å². The minimum atomic E-state index is -0.403. The molecule has 0 aliphatic carbocycles. The fourth-order valence-corrected chi connectivity index (χ4v) is 2.81. The van der Waals surface area contributed by atoms with Gasteiger partial charge in [-0.05, 0) is 38.1 Å². The molecule has 3 rings (SSSR count). The molecule has 1 unspecified atom stereocenters. The summed E-state index contributed by atoms with van der Waals surface area (Å²) in [5.74, 6) is -0.0292. The first-order chi connectivity index (χ1) is 12.0. The Bertz CT molecular complexity index is 762. The van der Waals surface area contributed by atoms with Crippen LogP contribution in [0, 0.1) is 5.92 Å². The number of para-hydroxylation sites is 2. The third kappa shape index (κ3) is 3.96. The maximum absolute atomic E-state index is 12.6. The third-order valence-corrected chi connectivity index (χ3v) is 3.96. The van der Waals surface area contributed by atoms with Gasteiger partial charge in [0.25, 0.3) is 0 Å². The molecule has 1 aliphatic heterocycles. The first kappa shape index (κ1) is 17.0. The van der Waals surface area contributed by atoms with Crippen molar-refractivity contribution in [2.45, 2.75) is 26.4 Å². The molecule has 0 spiro atoms. The van der Waals surface area contributed by atoms with Gasteiger partial charge in [-0.3, -0.25) is 14.6 Å². The smallest absolute Gasteiger partial charge is 0.229 e. The second-order valence-corrected chi connectivity index (χ2v) is 6.27. The van der Waals surface area contributed by atoms with Crippen LogP contribution in [0.4, 0.5) is 11.4 Å². The summed E-state index contributed by atoms with van der Waals surface area (Å²) in [4.78, 5) is 30.5. The molecule has 0 bridgehead atoms. The van der Waals surface area contributed by atoms with Crippen LogP contribution in [0.15, 0.2) is 48.8 Å². The van der Waals surface area contributed by atoms with E-state index < -0.39 is 5.92 Å². The summed E-state index contributed by atoms with van der Waals surface area (Å²) < 4.78 is 5.72. The van der Waals surface area contributed by atoms with Gasteiger partial charge in [-0.25, -0.2) is 0 Å². The van der Waals surface area contributed by atoms with Gasteiger partial charge in [-0.15, -0.1) is 0 Å². The van der Waals surface area contributed by atoms with Gasteiger partial charge in [0.05, 0.1) is 29.6 Å². The summed E-state index contributed by atoms with van der Waals surface area (Å²) in [6, 6.07) is 10.9. The van der Waals surface area contributed by atoms with Gasteiger partial charge in [0.1, 0.15) is 5.75 Å². The molecule has 0 radical (unpaired) electrons. The molecule has 1 atom stereocenters. The van der Waals surface area contributed by atoms with Gasteiger partial charge in [0, 0.05) is 19.2 Å². The van der Waals surface area contributed by atoms with Gasteiger partial charge in [-0.2, -0.15) is 0 Å². The summed E-state index contributed by atoms with van der Waals surface area (Å²) in [7, 11) is 0. The number of anilines is 2. The van der Waals surface area contributed by atoms with Crippen LogP contribution in [0.2, 0.25) is 0 Å². The second kappa shape index (κ2) is 7.34. The molecule has 1 aliphatic rings. The first-order valence-electron chi connectivity index (χ1n) is 8.31. The number of hydrogen-bond donors (Lipinski definition) is 1. The van der Waals surface area contributed by atoms with Gasteiger partial charge in [-0.1, -0.05) is 12.1 Å². The Labute approximate surface area is 146 Å². The SMILES string of the molecule is CC(C)Oc1ccccc1NC(=O)C1CC(=O)N(c2cccnc2)C1. The Morgan fingerprint density at radius 2 is 2.08 bits per heavy atom. The normalized spacial score (nSPS) is 17.0. The molecule has 2 aromatic rings. The molecule has 0 saturated carbocycles. The van der Waals surface area contributed by atoms with E-state index in [-0.39, 0.29) is 24.3 Å². The average Bonchev–Trinajstić information content (AvgIpc) is 2.99. The number of amides is 2. The lowest BCUT2D eigenvalue weighted by Gasteiger charge is -2.17. The fraction of sp³-hybridized carbons (Fsp3) is 0.316. The van der Waals surface area contributed by atoms with Crippen LogP contribution in [0.1, 0.15) is 20.3 Å². The van der Waals surface area contributed by atoms with E-state index in [0.717, 1.165) is 0 Å². The Balaban J connectivity index is 1.70. The molecule has 2 amide bonds. The number of nitrogens with zero attached hydrogens (tertiary/aromatic N) is 2. The number of hydrogen-bond acceptors (Lipinski definition) is 4. The summed E-state index contributed by atoms with van der Waals surface area (Å²) >= 11 is 0. The quantitative estimate of drug-likeness (QED) is 0.909. The van der Waals surface area contributed by atoms with E-state index in [1.54, 1.807) is 29.4 Å². The zero-order valence-electron chi connectivity index (χ0n) is 14.3. The van der Waals surface area contributed by atoms with E-state index in [4.69, 9.17) is 4.74 Å². The number of rotatable bonds is 5. The van der Waals surface area contributed by atoms with Gasteiger partial charge >= 0.3 is 0 Å². The number of ether oxygens (including phenoxy) is 1. The van der Waals surface area contributed by atoms with Gasteiger partial charge < -0.3 is 15.0 Å². The molecular weight excluding hydrogens is 318 g/mol. The van der Waals surface area contributed by atoms with Crippen LogP contribution in [0.5, 0.6) is 5.75 Å². The molecule has 1 saturated heterocycles. The van der Waals surface area contributed by atoms with E-state index in [1.165, 1.54) is 0 Å². The number of carbonyl (C=O) groups is 2. The monoisotopic (exact) mass is 339 g/mol. The molecule has 6 heteroatoms. The lowest BCUT2D eigenvalue weighted by atomic mass is 10.1. The molecular formula is C19H21N3O3. The number of carbonyl (C=O) groups excluding carboxylic acids is 2. The van der Waals surface area contributed by atoms with Crippen molar-refractivity contribution in [3.63, 3.8) is 0 Å². The van der Waals surface area contributed by atoms with Gasteiger partial charge in [0.15, 0.2) is 0 Å². The maximum Gasteiger partial charge on any atom is 0.229 e. The van der Waals surface area contributed by atoms with Crippen molar-refractivity contribution in [1.82, 2.24) is 4.98 Å². The number of benzene rings is 1.